The summed E-state index contributed by atoms with van der Waals surface area (Å²) in [5.74, 6) is 0.934. The quantitative estimate of drug-likeness (QED) is 0.722. The molecule has 2 fully saturated rings. The molecule has 10 nitrogen and oxygen atoms in total. The van der Waals surface area contributed by atoms with Gasteiger partial charge in [0.05, 0.1) is 24.8 Å². The van der Waals surface area contributed by atoms with Gasteiger partial charge in [0.25, 0.3) is 0 Å². The summed E-state index contributed by atoms with van der Waals surface area (Å²) in [6.07, 6.45) is 5.62. The lowest BCUT2D eigenvalue weighted by Gasteiger charge is -2.25. The second-order valence-corrected chi connectivity index (χ2v) is 7.06. The lowest BCUT2D eigenvalue weighted by molar-refractivity contribution is 0.0641. The minimum Gasteiger partial charge on any atom is -0.381 e. The van der Waals surface area contributed by atoms with Crippen LogP contribution in [0.1, 0.15) is 30.7 Å². The second kappa shape index (κ2) is 7.14. The number of nitrogens with zero attached hydrogens (tertiary/aromatic N) is 9. The maximum Gasteiger partial charge on any atom is 0.165 e. The Labute approximate surface area is 146 Å². The normalized spacial score (nSPS) is 25.9. The molecule has 0 aromatic carbocycles. The Balaban J connectivity index is 1.47. The molecule has 2 aromatic heterocycles. The van der Waals surface area contributed by atoms with Gasteiger partial charge < -0.3 is 9.64 Å². The Morgan fingerprint density at radius 3 is 2.76 bits per heavy atom. The van der Waals surface area contributed by atoms with Crippen LogP contribution < -0.4 is 0 Å². The SMILES string of the molecule is CN(C)[C@@H]1CN(Cc2nnnn2C2CCOCC2)C[C@@H]1n1ccnn1. The molecule has 2 aliphatic heterocycles. The van der Waals surface area contributed by atoms with E-state index in [1.807, 2.05) is 15.6 Å². The van der Waals surface area contributed by atoms with Gasteiger partial charge in [-0.3, -0.25) is 4.90 Å². The van der Waals surface area contributed by atoms with Gasteiger partial charge in [-0.2, -0.15) is 0 Å². The first-order valence-electron chi connectivity index (χ1n) is 8.81. The van der Waals surface area contributed by atoms with Crippen molar-refractivity contribution in [3.8, 4) is 0 Å². The number of ether oxygens (including phenoxy) is 1. The zero-order valence-electron chi connectivity index (χ0n) is 14.8. The Morgan fingerprint density at radius 2 is 2.04 bits per heavy atom. The number of hydrogen-bond donors (Lipinski definition) is 0. The van der Waals surface area contributed by atoms with E-state index in [4.69, 9.17) is 4.74 Å². The van der Waals surface area contributed by atoms with Gasteiger partial charge in [0, 0.05) is 38.5 Å². The van der Waals surface area contributed by atoms with Crippen LogP contribution in [0.3, 0.4) is 0 Å². The summed E-state index contributed by atoms with van der Waals surface area (Å²) in [5.41, 5.74) is 0. The highest BCUT2D eigenvalue weighted by Crippen LogP contribution is 2.27. The first-order valence-corrected chi connectivity index (χ1v) is 8.81. The van der Waals surface area contributed by atoms with Crippen molar-refractivity contribution in [2.24, 2.45) is 0 Å². The lowest BCUT2D eigenvalue weighted by Crippen LogP contribution is -2.36. The topological polar surface area (TPSA) is 90.0 Å². The highest BCUT2D eigenvalue weighted by Gasteiger charge is 2.36. The van der Waals surface area contributed by atoms with E-state index in [0.29, 0.717) is 12.1 Å². The van der Waals surface area contributed by atoms with Gasteiger partial charge in [0.1, 0.15) is 0 Å². The molecular formula is C15H25N9O. The standard InChI is InChI=1S/C15H25N9O/c1-21(2)13-9-22(10-14(13)23-6-5-16-19-23)11-15-17-18-20-24(15)12-3-7-25-8-4-12/h5-6,12-14H,3-4,7-11H2,1-2H3/t13-,14+/m1/s1. The molecule has 4 rings (SSSR count). The lowest BCUT2D eigenvalue weighted by atomic mass is 10.1. The van der Waals surface area contributed by atoms with Crippen molar-refractivity contribution < 1.29 is 4.74 Å². The fourth-order valence-electron chi connectivity index (χ4n) is 3.87. The van der Waals surface area contributed by atoms with Crippen molar-refractivity contribution in [1.82, 2.24) is 45.0 Å². The first kappa shape index (κ1) is 16.6. The summed E-state index contributed by atoms with van der Waals surface area (Å²) in [4.78, 5) is 4.66. The van der Waals surface area contributed by atoms with Crippen LogP contribution in [0.15, 0.2) is 12.4 Å². The molecule has 0 saturated carbocycles. The van der Waals surface area contributed by atoms with Gasteiger partial charge >= 0.3 is 0 Å². The fraction of sp³-hybridized carbons (Fsp3) is 0.800. The predicted octanol–water partition coefficient (Wildman–Crippen LogP) is -0.397. The van der Waals surface area contributed by atoms with E-state index in [1.54, 1.807) is 6.20 Å². The Kier molecular flexibility index (Phi) is 4.73. The van der Waals surface area contributed by atoms with Gasteiger partial charge in [0.2, 0.25) is 0 Å². The molecule has 10 heteroatoms. The second-order valence-electron chi connectivity index (χ2n) is 7.06. The monoisotopic (exact) mass is 347 g/mol. The molecule has 0 aliphatic carbocycles. The van der Waals surface area contributed by atoms with E-state index in [-0.39, 0.29) is 6.04 Å². The van der Waals surface area contributed by atoms with Crippen molar-refractivity contribution in [2.45, 2.75) is 37.5 Å². The summed E-state index contributed by atoms with van der Waals surface area (Å²) in [5, 5.41) is 20.6. The Morgan fingerprint density at radius 1 is 1.20 bits per heavy atom. The molecule has 2 atom stereocenters. The van der Waals surface area contributed by atoms with Crippen molar-refractivity contribution >= 4 is 0 Å². The summed E-state index contributed by atoms with van der Waals surface area (Å²) >= 11 is 0. The van der Waals surface area contributed by atoms with E-state index in [1.165, 1.54) is 0 Å². The van der Waals surface area contributed by atoms with Gasteiger partial charge in [-0.05, 0) is 37.4 Å². The van der Waals surface area contributed by atoms with Crippen LogP contribution in [-0.2, 0) is 11.3 Å². The highest BCUT2D eigenvalue weighted by molar-refractivity contribution is 4.96. The molecule has 0 amide bonds. The van der Waals surface area contributed by atoms with Crippen molar-refractivity contribution in [2.75, 3.05) is 40.4 Å². The molecule has 136 valence electrons. The van der Waals surface area contributed by atoms with Crippen LogP contribution in [0.4, 0.5) is 0 Å². The molecule has 0 N–H and O–H groups in total. The smallest absolute Gasteiger partial charge is 0.165 e. The van der Waals surface area contributed by atoms with Gasteiger partial charge in [-0.15, -0.1) is 10.2 Å². The highest BCUT2D eigenvalue weighted by atomic mass is 16.5. The molecule has 0 spiro atoms. The van der Waals surface area contributed by atoms with Gasteiger partial charge in [-0.1, -0.05) is 5.21 Å². The molecule has 0 bridgehead atoms. The van der Waals surface area contributed by atoms with Crippen molar-refractivity contribution in [3.63, 3.8) is 0 Å². The third kappa shape index (κ3) is 3.42. The summed E-state index contributed by atoms with van der Waals surface area (Å²) in [6, 6.07) is 1.01. The van der Waals surface area contributed by atoms with Crippen LogP contribution in [0.2, 0.25) is 0 Å². The van der Waals surface area contributed by atoms with Gasteiger partial charge in [0.15, 0.2) is 5.82 Å². The summed E-state index contributed by atoms with van der Waals surface area (Å²) < 4.78 is 9.41. The molecular weight excluding hydrogens is 322 g/mol. The van der Waals surface area contributed by atoms with E-state index in [9.17, 15) is 0 Å². The number of hydrogen-bond acceptors (Lipinski definition) is 8. The van der Waals surface area contributed by atoms with Crippen LogP contribution in [0.5, 0.6) is 0 Å². The number of likely N-dealkylation sites (N-methyl/N-ethyl adjacent to an activating group) is 1. The van der Waals surface area contributed by atoms with Gasteiger partial charge in [-0.25, -0.2) is 9.36 Å². The zero-order valence-corrected chi connectivity index (χ0v) is 14.8. The van der Waals surface area contributed by atoms with Crippen molar-refractivity contribution in [1.29, 1.82) is 0 Å². The van der Waals surface area contributed by atoms with E-state index in [0.717, 1.165) is 51.5 Å². The van der Waals surface area contributed by atoms with Crippen LogP contribution >= 0.6 is 0 Å². The Hall–Kier alpha value is -1.91. The average molecular weight is 347 g/mol. The number of rotatable bonds is 5. The maximum absolute atomic E-state index is 5.45. The number of tetrazole rings is 1. The minimum atomic E-state index is 0.282. The van der Waals surface area contributed by atoms with E-state index < -0.39 is 0 Å². The van der Waals surface area contributed by atoms with E-state index >= 15 is 0 Å². The molecule has 2 saturated heterocycles. The zero-order chi connectivity index (χ0) is 17.2. The average Bonchev–Trinajstić information content (AvgIpc) is 3.36. The number of aromatic nitrogens is 7. The maximum atomic E-state index is 5.45. The molecule has 0 unspecified atom stereocenters. The van der Waals surface area contributed by atoms with Crippen LogP contribution in [-0.4, -0.2) is 91.4 Å². The summed E-state index contributed by atoms with van der Waals surface area (Å²) in [6.45, 7) is 4.18. The third-order valence-electron chi connectivity index (χ3n) is 5.24. The summed E-state index contributed by atoms with van der Waals surface area (Å²) in [7, 11) is 4.23. The fourth-order valence-corrected chi connectivity index (χ4v) is 3.87. The molecule has 2 aliphatic rings. The minimum absolute atomic E-state index is 0.282. The Bertz CT molecular complexity index is 664. The third-order valence-corrected chi connectivity index (χ3v) is 5.24. The van der Waals surface area contributed by atoms with Crippen molar-refractivity contribution in [3.05, 3.63) is 18.2 Å². The number of likely N-dealkylation sites (tertiary alicyclic amines) is 1. The van der Waals surface area contributed by atoms with Crippen LogP contribution in [0.25, 0.3) is 0 Å². The molecule has 4 heterocycles. The first-order chi connectivity index (χ1) is 12.2. The van der Waals surface area contributed by atoms with Crippen LogP contribution in [0, 0.1) is 0 Å². The molecule has 25 heavy (non-hydrogen) atoms. The predicted molar refractivity (Wildman–Crippen MR) is 88.7 cm³/mol. The molecule has 0 radical (unpaired) electrons. The van der Waals surface area contributed by atoms with E-state index in [2.05, 4.69) is 49.7 Å². The largest absolute Gasteiger partial charge is 0.381 e. The molecule has 2 aromatic rings.